The van der Waals surface area contributed by atoms with Gasteiger partial charge in [-0.3, -0.25) is 19.3 Å². The van der Waals surface area contributed by atoms with E-state index >= 15 is 0 Å². The Kier molecular flexibility index (Phi) is 5.04. The highest BCUT2D eigenvalue weighted by Gasteiger charge is 2.19. The van der Waals surface area contributed by atoms with Crippen LogP contribution >= 0.6 is 11.6 Å². The molecule has 0 spiro atoms. The molecule has 0 saturated carbocycles. The molecule has 0 bridgehead atoms. The Bertz CT molecular complexity index is 1110. The smallest absolute Gasteiger partial charge is 0.342 e. The molecule has 10 heteroatoms. The molecule has 0 aliphatic rings. The van der Waals surface area contributed by atoms with Gasteiger partial charge in [-0.1, -0.05) is 11.6 Å². The second-order valence-electron chi connectivity index (χ2n) is 5.38. The molecule has 2 aromatic heterocycles. The highest BCUT2D eigenvalue weighted by molar-refractivity contribution is 6.30. The van der Waals surface area contributed by atoms with Gasteiger partial charge in [-0.25, -0.2) is 9.78 Å². The number of nitrogens with zero attached hydrogens (tertiary/aromatic N) is 3. The minimum absolute atomic E-state index is 0.101. The van der Waals surface area contributed by atoms with Crippen LogP contribution in [-0.2, 0) is 11.3 Å². The fraction of sp³-hybridized carbons (Fsp3) is 0.118. The van der Waals surface area contributed by atoms with E-state index in [0.29, 0.717) is 10.7 Å². The van der Waals surface area contributed by atoms with Crippen LogP contribution in [0.2, 0.25) is 5.02 Å². The fourth-order valence-electron chi connectivity index (χ4n) is 2.39. The van der Waals surface area contributed by atoms with Gasteiger partial charge >= 0.3 is 5.97 Å². The summed E-state index contributed by atoms with van der Waals surface area (Å²) in [6.07, 6.45) is 1.43. The minimum atomic E-state index is -0.839. The van der Waals surface area contributed by atoms with Gasteiger partial charge in [0.25, 0.3) is 11.2 Å². The largest absolute Gasteiger partial charge is 0.496 e. The summed E-state index contributed by atoms with van der Waals surface area (Å²) in [5, 5.41) is 11.3. The van der Waals surface area contributed by atoms with Gasteiger partial charge in [0.2, 0.25) is 0 Å². The molecule has 0 fully saturated rings. The number of non-ortho nitro benzene ring substituents is 1. The Hall–Kier alpha value is -3.46. The van der Waals surface area contributed by atoms with Crippen molar-refractivity contribution >= 4 is 28.9 Å². The Morgan fingerprint density at radius 3 is 2.78 bits per heavy atom. The van der Waals surface area contributed by atoms with Crippen LogP contribution in [0.25, 0.3) is 5.65 Å². The van der Waals surface area contributed by atoms with E-state index in [2.05, 4.69) is 4.98 Å². The number of methoxy groups -OCH3 is 1. The number of benzene rings is 1. The highest BCUT2D eigenvalue weighted by atomic mass is 35.5. The molecule has 3 aromatic rings. The molecule has 0 atom stereocenters. The lowest BCUT2D eigenvalue weighted by Crippen LogP contribution is -2.16. The Labute approximate surface area is 156 Å². The number of nitro groups is 1. The van der Waals surface area contributed by atoms with Crippen LogP contribution in [0.4, 0.5) is 5.69 Å². The molecule has 0 N–H and O–H groups in total. The molecule has 0 unspecified atom stereocenters. The summed E-state index contributed by atoms with van der Waals surface area (Å²) in [5.74, 6) is -0.708. The van der Waals surface area contributed by atoms with Gasteiger partial charge in [-0.2, -0.15) is 0 Å². The van der Waals surface area contributed by atoms with Crippen molar-refractivity contribution in [3.8, 4) is 5.75 Å². The van der Waals surface area contributed by atoms with Crippen LogP contribution in [0.5, 0.6) is 5.75 Å². The van der Waals surface area contributed by atoms with E-state index in [-0.39, 0.29) is 34.9 Å². The number of carbonyl (C=O) groups excluding carboxylic acids is 1. The summed E-state index contributed by atoms with van der Waals surface area (Å²) in [6.45, 7) is -0.293. The van der Waals surface area contributed by atoms with Crippen LogP contribution in [0.15, 0.2) is 47.4 Å². The Balaban J connectivity index is 1.85. The normalized spacial score (nSPS) is 10.6. The Morgan fingerprint density at radius 2 is 2.07 bits per heavy atom. The third-order valence-electron chi connectivity index (χ3n) is 3.64. The molecule has 0 amide bonds. The summed E-state index contributed by atoms with van der Waals surface area (Å²) in [5.41, 5.74) is -0.204. The molecule has 0 aliphatic carbocycles. The van der Waals surface area contributed by atoms with Gasteiger partial charge in [0.05, 0.1) is 22.7 Å². The predicted molar refractivity (Wildman–Crippen MR) is 95.2 cm³/mol. The zero-order chi connectivity index (χ0) is 19.6. The van der Waals surface area contributed by atoms with Crippen molar-refractivity contribution in [1.29, 1.82) is 0 Å². The van der Waals surface area contributed by atoms with Crippen molar-refractivity contribution in [2.45, 2.75) is 6.61 Å². The first-order valence-electron chi connectivity index (χ1n) is 7.56. The van der Waals surface area contributed by atoms with Gasteiger partial charge in [-0.15, -0.1) is 0 Å². The number of esters is 1. The first-order valence-corrected chi connectivity index (χ1v) is 7.94. The zero-order valence-electron chi connectivity index (χ0n) is 13.9. The summed E-state index contributed by atoms with van der Waals surface area (Å²) >= 11 is 5.85. The molecule has 138 valence electrons. The average Bonchev–Trinajstić information content (AvgIpc) is 2.66. The molecule has 0 saturated heterocycles. The van der Waals surface area contributed by atoms with E-state index in [1.807, 2.05) is 0 Å². The number of pyridine rings is 1. The molecule has 0 radical (unpaired) electrons. The second kappa shape index (κ2) is 7.42. The van der Waals surface area contributed by atoms with E-state index < -0.39 is 10.9 Å². The lowest BCUT2D eigenvalue weighted by molar-refractivity contribution is -0.384. The molecule has 1 aromatic carbocycles. The maximum absolute atomic E-state index is 12.3. The van der Waals surface area contributed by atoms with Crippen LogP contribution in [0.3, 0.4) is 0 Å². The zero-order valence-corrected chi connectivity index (χ0v) is 14.7. The first kappa shape index (κ1) is 18.3. The topological polar surface area (TPSA) is 113 Å². The second-order valence-corrected chi connectivity index (χ2v) is 5.82. The lowest BCUT2D eigenvalue weighted by atomic mass is 10.2. The number of hydrogen-bond donors (Lipinski definition) is 0. The molecular weight excluding hydrogens is 378 g/mol. The van der Waals surface area contributed by atoms with Crippen LogP contribution in [0, 0.1) is 10.1 Å². The molecule has 27 heavy (non-hydrogen) atoms. The van der Waals surface area contributed by atoms with Crippen molar-refractivity contribution < 1.29 is 19.2 Å². The lowest BCUT2D eigenvalue weighted by Gasteiger charge is -2.09. The molecule has 0 aliphatic heterocycles. The maximum atomic E-state index is 12.3. The number of carbonyl (C=O) groups is 1. The third-order valence-corrected chi connectivity index (χ3v) is 3.87. The molecular formula is C17H12ClN3O6. The van der Waals surface area contributed by atoms with Crippen LogP contribution in [0.1, 0.15) is 16.1 Å². The molecule has 3 rings (SSSR count). The quantitative estimate of drug-likeness (QED) is 0.374. The van der Waals surface area contributed by atoms with Crippen LogP contribution in [-0.4, -0.2) is 27.4 Å². The van der Waals surface area contributed by atoms with Gasteiger partial charge in [0, 0.05) is 24.4 Å². The fourth-order valence-corrected chi connectivity index (χ4v) is 2.55. The van der Waals surface area contributed by atoms with Crippen LogP contribution < -0.4 is 10.3 Å². The summed E-state index contributed by atoms with van der Waals surface area (Å²) < 4.78 is 11.4. The number of fused-ring (bicyclic) bond motifs is 1. The van der Waals surface area contributed by atoms with Crippen molar-refractivity contribution in [3.63, 3.8) is 0 Å². The van der Waals surface area contributed by atoms with E-state index in [4.69, 9.17) is 21.1 Å². The van der Waals surface area contributed by atoms with Crippen molar-refractivity contribution in [2.24, 2.45) is 0 Å². The summed E-state index contributed by atoms with van der Waals surface area (Å²) in [4.78, 5) is 38.9. The monoisotopic (exact) mass is 389 g/mol. The van der Waals surface area contributed by atoms with Crippen molar-refractivity contribution in [3.05, 3.63) is 79.3 Å². The summed E-state index contributed by atoms with van der Waals surface area (Å²) in [6, 6.07) is 7.92. The van der Waals surface area contributed by atoms with Gasteiger partial charge in [-0.05, 0) is 18.2 Å². The number of aromatic nitrogens is 2. The number of hydrogen-bond acceptors (Lipinski definition) is 7. The SMILES string of the molecule is COc1ccc([N+](=O)[O-])cc1C(=O)OCc1cc(=O)n2cc(Cl)ccc2n1. The van der Waals surface area contributed by atoms with Gasteiger partial charge < -0.3 is 9.47 Å². The van der Waals surface area contributed by atoms with Crippen molar-refractivity contribution in [1.82, 2.24) is 9.38 Å². The highest BCUT2D eigenvalue weighted by Crippen LogP contribution is 2.25. The third kappa shape index (κ3) is 3.87. The standard InChI is InChI=1S/C17H12ClN3O6/c1-26-14-4-3-12(21(24)25)7-13(14)17(23)27-9-11-6-16(22)20-8-10(18)2-5-15(20)19-11/h2-8H,9H2,1H3. The minimum Gasteiger partial charge on any atom is -0.496 e. The maximum Gasteiger partial charge on any atom is 0.342 e. The molecule has 9 nitrogen and oxygen atoms in total. The van der Waals surface area contributed by atoms with Gasteiger partial charge in [0.15, 0.2) is 0 Å². The first-order chi connectivity index (χ1) is 12.9. The summed E-state index contributed by atoms with van der Waals surface area (Å²) in [7, 11) is 1.33. The number of halogens is 1. The van der Waals surface area contributed by atoms with Crippen molar-refractivity contribution in [2.75, 3.05) is 7.11 Å². The number of ether oxygens (including phenoxy) is 2. The average molecular weight is 390 g/mol. The molecule has 2 heterocycles. The van der Waals surface area contributed by atoms with E-state index in [1.54, 1.807) is 12.1 Å². The number of rotatable bonds is 5. The Morgan fingerprint density at radius 1 is 1.30 bits per heavy atom. The predicted octanol–water partition coefficient (Wildman–Crippen LogP) is 2.62. The van der Waals surface area contributed by atoms with E-state index in [9.17, 15) is 19.7 Å². The van der Waals surface area contributed by atoms with E-state index in [0.717, 1.165) is 6.07 Å². The van der Waals surface area contributed by atoms with Gasteiger partial charge in [0.1, 0.15) is 23.6 Å². The number of nitro benzene ring substituents is 1. The van der Waals surface area contributed by atoms with E-state index in [1.165, 1.54) is 35.9 Å².